The fourth-order valence-corrected chi connectivity index (χ4v) is 3.56. The summed E-state index contributed by atoms with van der Waals surface area (Å²) < 4.78 is 57.1. The lowest BCUT2D eigenvalue weighted by molar-refractivity contribution is -0.192. The first kappa shape index (κ1) is 25.2. The second-order valence-corrected chi connectivity index (χ2v) is 7.98. The molecular weight excluding hydrogens is 451 g/mol. The normalized spacial score (nSPS) is 12.2. The molecule has 0 radical (unpaired) electrons. The maximum Gasteiger partial charge on any atom is 0.490 e. The van der Waals surface area contributed by atoms with Gasteiger partial charge in [-0.3, -0.25) is 14.1 Å². The molecule has 2 rings (SSSR count). The standard InChI is InChI=1S/C15H16ClN3O3S.C2HF3O2/c1-11(15(20)18-12-7-9-17-10-8-12)19(23(2,21)22)14-6-4-3-5-13(14)16;3-2(4,5)1(6)7/h3-11H,1-2H3,(H,17,18,20);(H,6,7). The molecule has 0 bridgehead atoms. The van der Waals surface area contributed by atoms with Crippen LogP contribution >= 0.6 is 11.6 Å². The number of carbonyl (C=O) groups excluding carboxylic acids is 1. The van der Waals surface area contributed by atoms with Gasteiger partial charge in [0.25, 0.3) is 0 Å². The Hall–Kier alpha value is -2.86. The number of sulfonamides is 1. The Bertz CT molecular complexity index is 988. The number of alkyl halides is 3. The van der Waals surface area contributed by atoms with Crippen molar-refractivity contribution in [2.45, 2.75) is 19.1 Å². The van der Waals surface area contributed by atoms with E-state index in [4.69, 9.17) is 21.5 Å². The van der Waals surface area contributed by atoms with Crippen LogP contribution in [0.1, 0.15) is 6.92 Å². The quantitative estimate of drug-likeness (QED) is 0.697. The summed E-state index contributed by atoms with van der Waals surface area (Å²) in [6.45, 7) is 1.50. The Morgan fingerprint density at radius 1 is 1.17 bits per heavy atom. The highest BCUT2D eigenvalue weighted by molar-refractivity contribution is 7.92. The van der Waals surface area contributed by atoms with Gasteiger partial charge in [-0.2, -0.15) is 13.2 Å². The van der Waals surface area contributed by atoms with Crippen LogP contribution in [0.4, 0.5) is 24.5 Å². The van der Waals surface area contributed by atoms with E-state index in [9.17, 15) is 26.4 Å². The molecule has 1 unspecified atom stereocenters. The van der Waals surface area contributed by atoms with Crippen LogP contribution in [0.15, 0.2) is 48.8 Å². The number of pyridine rings is 1. The van der Waals surface area contributed by atoms with Gasteiger partial charge in [0.05, 0.1) is 17.0 Å². The summed E-state index contributed by atoms with van der Waals surface area (Å²) in [5, 5.41) is 10.0. The van der Waals surface area contributed by atoms with E-state index in [1.165, 1.54) is 19.3 Å². The van der Waals surface area contributed by atoms with Gasteiger partial charge in [-0.15, -0.1) is 0 Å². The van der Waals surface area contributed by atoms with Crippen LogP contribution in [0.5, 0.6) is 0 Å². The monoisotopic (exact) mass is 467 g/mol. The number of aromatic nitrogens is 1. The Morgan fingerprint density at radius 3 is 2.10 bits per heavy atom. The number of hydrogen-bond donors (Lipinski definition) is 2. The number of halogens is 4. The highest BCUT2D eigenvalue weighted by Gasteiger charge is 2.38. The molecule has 0 spiro atoms. The van der Waals surface area contributed by atoms with Gasteiger partial charge in [0, 0.05) is 18.1 Å². The number of nitrogens with zero attached hydrogens (tertiary/aromatic N) is 2. The van der Waals surface area contributed by atoms with E-state index >= 15 is 0 Å². The predicted octanol–water partition coefficient (Wildman–Crippen LogP) is 3.16. The molecule has 1 atom stereocenters. The Balaban J connectivity index is 0.000000553. The molecule has 2 N–H and O–H groups in total. The van der Waals surface area contributed by atoms with E-state index in [-0.39, 0.29) is 10.7 Å². The van der Waals surface area contributed by atoms with Crippen molar-refractivity contribution < 1.29 is 36.3 Å². The summed E-state index contributed by atoms with van der Waals surface area (Å²) in [5.41, 5.74) is 0.790. The molecule has 0 saturated heterocycles. The Kier molecular flexibility index (Phi) is 8.61. The molecule has 13 heteroatoms. The van der Waals surface area contributed by atoms with Crippen LogP contribution < -0.4 is 9.62 Å². The number of para-hydroxylation sites is 1. The Labute approximate surface area is 175 Å². The first-order chi connectivity index (χ1) is 13.7. The average molecular weight is 468 g/mol. The highest BCUT2D eigenvalue weighted by Crippen LogP contribution is 2.29. The number of rotatable bonds is 5. The Morgan fingerprint density at radius 2 is 1.67 bits per heavy atom. The van der Waals surface area contributed by atoms with Gasteiger partial charge in [0.15, 0.2) is 0 Å². The average Bonchev–Trinajstić information content (AvgIpc) is 2.63. The molecule has 0 aliphatic heterocycles. The number of benzene rings is 1. The lowest BCUT2D eigenvalue weighted by Crippen LogP contribution is -2.45. The predicted molar refractivity (Wildman–Crippen MR) is 105 cm³/mol. The van der Waals surface area contributed by atoms with Gasteiger partial charge in [-0.25, -0.2) is 13.2 Å². The molecule has 164 valence electrons. The summed E-state index contributed by atoms with van der Waals surface area (Å²) in [6, 6.07) is 8.73. The second-order valence-electron chi connectivity index (χ2n) is 5.71. The third kappa shape index (κ3) is 7.52. The van der Waals surface area contributed by atoms with E-state index in [0.29, 0.717) is 5.69 Å². The van der Waals surface area contributed by atoms with Gasteiger partial charge in [0.1, 0.15) is 6.04 Å². The third-order valence-electron chi connectivity index (χ3n) is 3.37. The van der Waals surface area contributed by atoms with E-state index in [1.54, 1.807) is 36.4 Å². The third-order valence-corrected chi connectivity index (χ3v) is 4.92. The van der Waals surface area contributed by atoms with Crippen molar-refractivity contribution >= 4 is 44.9 Å². The number of anilines is 2. The molecule has 1 heterocycles. The van der Waals surface area contributed by atoms with Crippen LogP contribution in [0.2, 0.25) is 5.02 Å². The number of carboxylic acid groups (broad SMARTS) is 1. The first-order valence-corrected chi connectivity index (χ1v) is 10.2. The van der Waals surface area contributed by atoms with E-state index in [1.807, 2.05) is 0 Å². The van der Waals surface area contributed by atoms with Crippen molar-refractivity contribution in [3.8, 4) is 0 Å². The minimum atomic E-state index is -5.08. The van der Waals surface area contributed by atoms with Crippen molar-refractivity contribution in [3.05, 3.63) is 53.8 Å². The largest absolute Gasteiger partial charge is 0.490 e. The number of aliphatic carboxylic acids is 1. The van der Waals surface area contributed by atoms with Gasteiger partial charge in [-0.1, -0.05) is 23.7 Å². The number of carbonyl (C=O) groups is 2. The molecular formula is C17H17ClF3N3O5S. The lowest BCUT2D eigenvalue weighted by atomic mass is 10.2. The number of carboxylic acids is 1. The van der Waals surface area contributed by atoms with Crippen LogP contribution in [-0.2, 0) is 19.6 Å². The number of hydrogen-bond acceptors (Lipinski definition) is 5. The molecule has 30 heavy (non-hydrogen) atoms. The number of nitrogens with one attached hydrogen (secondary N) is 1. The first-order valence-electron chi connectivity index (χ1n) is 8.00. The van der Waals surface area contributed by atoms with E-state index in [2.05, 4.69) is 10.3 Å². The summed E-state index contributed by atoms with van der Waals surface area (Å²) in [7, 11) is -3.70. The molecule has 0 fully saturated rings. The van der Waals surface area contributed by atoms with Crippen molar-refractivity contribution in [2.24, 2.45) is 0 Å². The van der Waals surface area contributed by atoms with E-state index in [0.717, 1.165) is 10.6 Å². The van der Waals surface area contributed by atoms with Crippen LogP contribution in [0.25, 0.3) is 0 Å². The summed E-state index contributed by atoms with van der Waals surface area (Å²) in [5.74, 6) is -3.23. The van der Waals surface area contributed by atoms with Crippen LogP contribution in [0, 0.1) is 0 Å². The number of amides is 1. The summed E-state index contributed by atoms with van der Waals surface area (Å²) in [4.78, 5) is 25.2. The van der Waals surface area contributed by atoms with Gasteiger partial charge < -0.3 is 10.4 Å². The fourth-order valence-electron chi connectivity index (χ4n) is 2.09. The van der Waals surface area contributed by atoms with Crippen molar-refractivity contribution in [2.75, 3.05) is 15.9 Å². The highest BCUT2D eigenvalue weighted by atomic mass is 35.5. The van der Waals surface area contributed by atoms with Crippen molar-refractivity contribution in [1.29, 1.82) is 0 Å². The smallest absolute Gasteiger partial charge is 0.475 e. The minimum Gasteiger partial charge on any atom is -0.475 e. The molecule has 8 nitrogen and oxygen atoms in total. The molecule has 1 amide bonds. The molecule has 1 aromatic heterocycles. The molecule has 0 aliphatic carbocycles. The van der Waals surface area contributed by atoms with E-state index < -0.39 is 34.1 Å². The SMILES string of the molecule is CC(C(=O)Nc1ccncc1)N(c1ccccc1Cl)S(C)(=O)=O.O=C(O)C(F)(F)F. The minimum absolute atomic E-state index is 0.251. The van der Waals surface area contributed by atoms with Crippen LogP contribution in [-0.4, -0.2) is 48.9 Å². The van der Waals surface area contributed by atoms with Crippen molar-refractivity contribution in [1.82, 2.24) is 4.98 Å². The topological polar surface area (TPSA) is 117 Å². The van der Waals surface area contributed by atoms with Gasteiger partial charge in [-0.05, 0) is 31.2 Å². The molecule has 1 aromatic carbocycles. The molecule has 2 aromatic rings. The molecule has 0 aliphatic rings. The zero-order chi connectivity index (χ0) is 23.1. The zero-order valence-corrected chi connectivity index (χ0v) is 17.2. The lowest BCUT2D eigenvalue weighted by Gasteiger charge is -2.28. The van der Waals surface area contributed by atoms with Gasteiger partial charge >= 0.3 is 12.1 Å². The fraction of sp³-hybridized carbons (Fsp3) is 0.235. The molecule has 0 saturated carbocycles. The summed E-state index contributed by atoms with van der Waals surface area (Å²) >= 11 is 6.09. The second kappa shape index (κ2) is 10.3. The maximum atomic E-state index is 12.4. The van der Waals surface area contributed by atoms with Gasteiger partial charge in [0.2, 0.25) is 15.9 Å². The summed E-state index contributed by atoms with van der Waals surface area (Å²) in [6.07, 6.45) is -0.988. The van der Waals surface area contributed by atoms with Crippen molar-refractivity contribution in [3.63, 3.8) is 0 Å². The van der Waals surface area contributed by atoms with Crippen LogP contribution in [0.3, 0.4) is 0 Å². The maximum absolute atomic E-state index is 12.4. The zero-order valence-electron chi connectivity index (χ0n) is 15.6.